The predicted octanol–water partition coefficient (Wildman–Crippen LogP) is 2.31. The van der Waals surface area contributed by atoms with Crippen LogP contribution in [0.15, 0.2) is 65.6 Å². The van der Waals surface area contributed by atoms with Gasteiger partial charge < -0.3 is 5.11 Å². The smallest absolute Gasteiger partial charge is 0.178 e. The first-order valence-corrected chi connectivity index (χ1v) is 8.19. The summed E-state index contributed by atoms with van der Waals surface area (Å²) in [4.78, 5) is 0.312. The molecule has 0 aliphatic heterocycles. The van der Waals surface area contributed by atoms with Crippen molar-refractivity contribution in [2.45, 2.75) is 11.3 Å². The molecule has 1 atom stereocenters. The molecule has 2 aromatic rings. The molecule has 0 unspecified atom stereocenters. The Morgan fingerprint density at radius 2 is 1.45 bits per heavy atom. The molecule has 0 bridgehead atoms. The zero-order chi connectivity index (χ0) is 14.4. The van der Waals surface area contributed by atoms with Crippen molar-refractivity contribution in [2.24, 2.45) is 5.92 Å². The molecule has 4 heteroatoms. The van der Waals surface area contributed by atoms with Gasteiger partial charge in [-0.1, -0.05) is 48.5 Å². The maximum atomic E-state index is 12.3. The molecule has 0 aromatic heterocycles. The topological polar surface area (TPSA) is 54.4 Å². The second kappa shape index (κ2) is 6.68. The highest BCUT2D eigenvalue weighted by Gasteiger charge is 2.20. The molecule has 2 aromatic carbocycles. The van der Waals surface area contributed by atoms with E-state index in [-0.39, 0.29) is 18.3 Å². The molecule has 0 fully saturated rings. The van der Waals surface area contributed by atoms with Gasteiger partial charge in [-0.2, -0.15) is 0 Å². The van der Waals surface area contributed by atoms with E-state index in [1.807, 2.05) is 30.3 Å². The fraction of sp³-hybridized carbons (Fsp3) is 0.250. The zero-order valence-corrected chi connectivity index (χ0v) is 12.0. The van der Waals surface area contributed by atoms with Gasteiger partial charge >= 0.3 is 0 Å². The third-order valence-electron chi connectivity index (χ3n) is 3.18. The Bertz CT molecular complexity index is 621. The van der Waals surface area contributed by atoms with E-state index in [1.54, 1.807) is 30.3 Å². The monoisotopic (exact) mass is 290 g/mol. The summed E-state index contributed by atoms with van der Waals surface area (Å²) < 4.78 is 24.6. The van der Waals surface area contributed by atoms with Crippen LogP contribution in [0.1, 0.15) is 5.56 Å². The van der Waals surface area contributed by atoms with Gasteiger partial charge in [0, 0.05) is 12.5 Å². The van der Waals surface area contributed by atoms with Crippen LogP contribution in [0.4, 0.5) is 0 Å². The number of benzene rings is 2. The Morgan fingerprint density at radius 1 is 0.900 bits per heavy atom. The van der Waals surface area contributed by atoms with Gasteiger partial charge in [-0.25, -0.2) is 8.42 Å². The van der Waals surface area contributed by atoms with Crippen molar-refractivity contribution in [3.05, 3.63) is 66.2 Å². The molecule has 0 saturated heterocycles. The van der Waals surface area contributed by atoms with Crippen LogP contribution < -0.4 is 0 Å². The molecule has 106 valence electrons. The van der Waals surface area contributed by atoms with Crippen molar-refractivity contribution >= 4 is 9.84 Å². The Morgan fingerprint density at radius 3 is 2.00 bits per heavy atom. The largest absolute Gasteiger partial charge is 0.396 e. The molecule has 0 saturated carbocycles. The van der Waals surface area contributed by atoms with Crippen LogP contribution in [0.5, 0.6) is 0 Å². The molecule has 0 aliphatic rings. The van der Waals surface area contributed by atoms with Crippen molar-refractivity contribution in [1.29, 1.82) is 0 Å². The predicted molar refractivity (Wildman–Crippen MR) is 79.2 cm³/mol. The van der Waals surface area contributed by atoms with Gasteiger partial charge in [0.15, 0.2) is 9.84 Å². The molecule has 0 aliphatic carbocycles. The summed E-state index contributed by atoms with van der Waals surface area (Å²) in [6, 6.07) is 18.0. The van der Waals surface area contributed by atoms with Crippen molar-refractivity contribution in [3.8, 4) is 0 Å². The first kappa shape index (κ1) is 14.8. The molecular weight excluding hydrogens is 272 g/mol. The highest BCUT2D eigenvalue weighted by molar-refractivity contribution is 7.91. The third-order valence-corrected chi connectivity index (χ3v) is 5.08. The van der Waals surface area contributed by atoms with Crippen molar-refractivity contribution in [2.75, 3.05) is 12.4 Å². The fourth-order valence-corrected chi connectivity index (χ4v) is 3.77. The van der Waals surface area contributed by atoms with Crippen LogP contribution in [0.2, 0.25) is 0 Å². The SMILES string of the molecule is O=S(=O)(C[C@@H](CO)Cc1ccccc1)c1ccccc1. The molecule has 0 radical (unpaired) electrons. The van der Waals surface area contributed by atoms with E-state index in [9.17, 15) is 13.5 Å². The van der Waals surface area contributed by atoms with Crippen LogP contribution in [0.3, 0.4) is 0 Å². The first-order chi connectivity index (χ1) is 9.62. The number of aliphatic hydroxyl groups excluding tert-OH is 1. The molecular formula is C16H18O3S. The summed E-state index contributed by atoms with van der Waals surface area (Å²) in [6.07, 6.45) is 0.559. The highest BCUT2D eigenvalue weighted by atomic mass is 32.2. The molecule has 0 spiro atoms. The number of rotatable bonds is 6. The van der Waals surface area contributed by atoms with E-state index in [2.05, 4.69) is 0 Å². The summed E-state index contributed by atoms with van der Waals surface area (Å²) in [6.45, 7) is -0.138. The maximum Gasteiger partial charge on any atom is 0.178 e. The minimum Gasteiger partial charge on any atom is -0.396 e. The lowest BCUT2D eigenvalue weighted by Gasteiger charge is -2.14. The van der Waals surface area contributed by atoms with Gasteiger partial charge in [0.05, 0.1) is 10.6 Å². The third kappa shape index (κ3) is 3.92. The number of hydrogen-bond acceptors (Lipinski definition) is 3. The standard InChI is InChI=1S/C16H18O3S/c17-12-15(11-14-7-3-1-4-8-14)13-20(18,19)16-9-5-2-6-10-16/h1-10,15,17H,11-13H2/t15-/m1/s1. The maximum absolute atomic E-state index is 12.3. The average Bonchev–Trinajstić information content (AvgIpc) is 2.48. The molecule has 3 nitrogen and oxygen atoms in total. The summed E-state index contributed by atoms with van der Waals surface area (Å²) >= 11 is 0. The molecule has 20 heavy (non-hydrogen) atoms. The van der Waals surface area contributed by atoms with Crippen LogP contribution in [-0.2, 0) is 16.3 Å². The minimum absolute atomic E-state index is 0.0393. The number of aliphatic hydroxyl groups is 1. The Kier molecular flexibility index (Phi) is 4.93. The van der Waals surface area contributed by atoms with Crippen molar-refractivity contribution in [1.82, 2.24) is 0 Å². The van der Waals surface area contributed by atoms with Gasteiger partial charge in [0.1, 0.15) is 0 Å². The minimum atomic E-state index is -3.35. The average molecular weight is 290 g/mol. The Balaban J connectivity index is 2.10. The summed E-state index contributed by atoms with van der Waals surface area (Å²) in [5.41, 5.74) is 1.04. The van der Waals surface area contributed by atoms with Crippen LogP contribution in [-0.4, -0.2) is 25.9 Å². The summed E-state index contributed by atoms with van der Waals surface area (Å²) in [7, 11) is -3.35. The number of hydrogen-bond donors (Lipinski definition) is 1. The van der Waals surface area contributed by atoms with Crippen molar-refractivity contribution < 1.29 is 13.5 Å². The summed E-state index contributed by atoms with van der Waals surface area (Å²) in [5.74, 6) is -0.329. The zero-order valence-electron chi connectivity index (χ0n) is 11.1. The van der Waals surface area contributed by atoms with E-state index >= 15 is 0 Å². The first-order valence-electron chi connectivity index (χ1n) is 6.54. The lowest BCUT2D eigenvalue weighted by atomic mass is 10.0. The molecule has 1 N–H and O–H groups in total. The van der Waals surface area contributed by atoms with Gasteiger partial charge in [-0.05, 0) is 24.1 Å². The van der Waals surface area contributed by atoms with E-state index in [1.165, 1.54) is 0 Å². The second-order valence-electron chi connectivity index (χ2n) is 4.83. The Labute approximate surface area is 119 Å². The van der Waals surface area contributed by atoms with E-state index in [4.69, 9.17) is 0 Å². The number of sulfone groups is 1. The highest BCUT2D eigenvalue weighted by Crippen LogP contribution is 2.17. The summed E-state index contributed by atoms with van der Waals surface area (Å²) in [5, 5.41) is 9.43. The van der Waals surface area contributed by atoms with Crippen LogP contribution >= 0.6 is 0 Å². The van der Waals surface area contributed by atoms with E-state index < -0.39 is 9.84 Å². The molecule has 0 heterocycles. The van der Waals surface area contributed by atoms with E-state index in [0.29, 0.717) is 11.3 Å². The fourth-order valence-electron chi connectivity index (χ4n) is 2.16. The van der Waals surface area contributed by atoms with Gasteiger partial charge in [0.2, 0.25) is 0 Å². The van der Waals surface area contributed by atoms with Crippen molar-refractivity contribution in [3.63, 3.8) is 0 Å². The quantitative estimate of drug-likeness (QED) is 0.888. The lowest BCUT2D eigenvalue weighted by Crippen LogP contribution is -2.21. The Hall–Kier alpha value is -1.65. The van der Waals surface area contributed by atoms with Gasteiger partial charge in [-0.3, -0.25) is 0 Å². The second-order valence-corrected chi connectivity index (χ2v) is 6.87. The molecule has 0 amide bonds. The van der Waals surface area contributed by atoms with Gasteiger partial charge in [-0.15, -0.1) is 0 Å². The lowest BCUT2D eigenvalue weighted by molar-refractivity contribution is 0.238. The molecule has 2 rings (SSSR count). The normalized spacial score (nSPS) is 13.1. The van der Waals surface area contributed by atoms with Crippen LogP contribution in [0.25, 0.3) is 0 Å². The van der Waals surface area contributed by atoms with Gasteiger partial charge in [0.25, 0.3) is 0 Å². The van der Waals surface area contributed by atoms with Crippen LogP contribution in [0, 0.1) is 5.92 Å². The van der Waals surface area contributed by atoms with E-state index in [0.717, 1.165) is 5.56 Å².